The Kier molecular flexibility index (Phi) is 5.37. The van der Waals surface area contributed by atoms with Gasteiger partial charge in [0.2, 0.25) is 0 Å². The normalized spacial score (nSPS) is 11.5. The van der Waals surface area contributed by atoms with Gasteiger partial charge in [-0.05, 0) is 30.3 Å². The van der Waals surface area contributed by atoms with Crippen molar-refractivity contribution in [2.24, 2.45) is 0 Å². The van der Waals surface area contributed by atoms with Crippen LogP contribution < -0.4 is 5.32 Å². The largest absolute Gasteiger partial charge is 0.416 e. The number of nitriles is 1. The van der Waals surface area contributed by atoms with E-state index in [0.717, 1.165) is 24.3 Å². The quantitative estimate of drug-likeness (QED) is 0.383. The number of nitrogens with zero attached hydrogens (tertiary/aromatic N) is 2. The van der Waals surface area contributed by atoms with Crippen LogP contribution in [0.4, 0.5) is 24.5 Å². The minimum absolute atomic E-state index is 0.0215. The lowest BCUT2D eigenvalue weighted by Crippen LogP contribution is -2.14. The van der Waals surface area contributed by atoms with Crippen molar-refractivity contribution in [3.63, 3.8) is 0 Å². The van der Waals surface area contributed by atoms with Gasteiger partial charge in [0.25, 0.3) is 11.6 Å². The summed E-state index contributed by atoms with van der Waals surface area (Å²) in [5.41, 5.74) is -1.90. The molecular formula is C17H10F3N3O3. The highest BCUT2D eigenvalue weighted by Gasteiger charge is 2.30. The molecule has 0 fully saturated rings. The van der Waals surface area contributed by atoms with Gasteiger partial charge in [-0.25, -0.2) is 0 Å². The van der Waals surface area contributed by atoms with E-state index in [1.807, 2.05) is 0 Å². The topological polar surface area (TPSA) is 96.0 Å². The lowest BCUT2D eigenvalue weighted by Gasteiger charge is -2.09. The maximum atomic E-state index is 12.7. The molecule has 0 spiro atoms. The molecule has 26 heavy (non-hydrogen) atoms. The van der Waals surface area contributed by atoms with Crippen molar-refractivity contribution in [2.45, 2.75) is 6.18 Å². The van der Waals surface area contributed by atoms with Crippen LogP contribution in [0, 0.1) is 21.4 Å². The van der Waals surface area contributed by atoms with Gasteiger partial charge in [0.05, 0.1) is 16.1 Å². The molecule has 0 atom stereocenters. The van der Waals surface area contributed by atoms with E-state index in [1.54, 1.807) is 6.07 Å². The number of rotatable bonds is 4. The van der Waals surface area contributed by atoms with E-state index in [1.165, 1.54) is 30.3 Å². The van der Waals surface area contributed by atoms with Crippen LogP contribution in [-0.4, -0.2) is 10.8 Å². The zero-order chi connectivity index (χ0) is 19.3. The lowest BCUT2D eigenvalue weighted by atomic mass is 10.1. The average molecular weight is 361 g/mol. The number of nitrogens with one attached hydrogen (secondary N) is 1. The number of nitro groups is 1. The van der Waals surface area contributed by atoms with E-state index in [9.17, 15) is 28.1 Å². The summed E-state index contributed by atoms with van der Waals surface area (Å²) in [7, 11) is 0. The van der Waals surface area contributed by atoms with Crippen LogP contribution in [0.5, 0.6) is 0 Å². The molecule has 132 valence electrons. The molecule has 2 rings (SSSR count). The Morgan fingerprint density at radius 2 is 1.88 bits per heavy atom. The molecular weight excluding hydrogens is 351 g/mol. The first-order valence-electron chi connectivity index (χ1n) is 7.06. The first-order valence-corrected chi connectivity index (χ1v) is 7.06. The van der Waals surface area contributed by atoms with E-state index >= 15 is 0 Å². The first kappa shape index (κ1) is 18.7. The predicted molar refractivity (Wildman–Crippen MR) is 86.8 cm³/mol. The van der Waals surface area contributed by atoms with Crippen molar-refractivity contribution in [1.29, 1.82) is 5.26 Å². The molecule has 2 aromatic carbocycles. The van der Waals surface area contributed by atoms with Crippen LogP contribution >= 0.6 is 0 Å². The van der Waals surface area contributed by atoms with E-state index in [2.05, 4.69) is 5.32 Å². The number of benzene rings is 2. The van der Waals surface area contributed by atoms with Crippen LogP contribution in [0.2, 0.25) is 0 Å². The van der Waals surface area contributed by atoms with Gasteiger partial charge in [-0.15, -0.1) is 0 Å². The Labute approximate surface area is 145 Å². The number of halogens is 3. The number of para-hydroxylation sites is 1. The number of nitro benzene ring substituents is 1. The summed E-state index contributed by atoms with van der Waals surface area (Å²) >= 11 is 0. The second kappa shape index (κ2) is 7.48. The second-order valence-corrected chi connectivity index (χ2v) is 5.02. The third-order valence-electron chi connectivity index (χ3n) is 3.25. The molecule has 0 heterocycles. The summed E-state index contributed by atoms with van der Waals surface area (Å²) in [6.07, 6.45) is -3.58. The third kappa shape index (κ3) is 4.45. The third-order valence-corrected chi connectivity index (χ3v) is 3.25. The fraction of sp³-hybridized carbons (Fsp3) is 0.0588. The number of hydrogen-bond acceptors (Lipinski definition) is 4. The predicted octanol–water partition coefficient (Wildman–Crippen LogP) is 4.16. The van der Waals surface area contributed by atoms with Gasteiger partial charge in [0.15, 0.2) is 0 Å². The van der Waals surface area contributed by atoms with Crippen molar-refractivity contribution >= 4 is 23.4 Å². The molecule has 0 aliphatic carbocycles. The lowest BCUT2D eigenvalue weighted by molar-refractivity contribution is -0.385. The summed E-state index contributed by atoms with van der Waals surface area (Å²) in [5, 5.41) is 22.3. The highest BCUT2D eigenvalue weighted by atomic mass is 19.4. The molecule has 0 aliphatic heterocycles. The smallest absolute Gasteiger partial charge is 0.321 e. The molecule has 6 nitrogen and oxygen atoms in total. The van der Waals surface area contributed by atoms with Gasteiger partial charge in [-0.3, -0.25) is 14.9 Å². The van der Waals surface area contributed by atoms with Crippen molar-refractivity contribution in [3.05, 3.63) is 75.3 Å². The Morgan fingerprint density at radius 3 is 2.50 bits per heavy atom. The molecule has 2 aromatic rings. The van der Waals surface area contributed by atoms with Crippen LogP contribution in [-0.2, 0) is 11.0 Å². The Balaban J connectivity index is 2.31. The molecule has 0 unspecified atom stereocenters. The summed E-state index contributed by atoms with van der Waals surface area (Å²) in [6.45, 7) is 0. The van der Waals surface area contributed by atoms with Gasteiger partial charge >= 0.3 is 6.18 Å². The Bertz CT molecular complexity index is 931. The molecule has 0 saturated heterocycles. The van der Waals surface area contributed by atoms with Gasteiger partial charge < -0.3 is 5.32 Å². The molecule has 0 saturated carbocycles. The maximum absolute atomic E-state index is 12.7. The van der Waals surface area contributed by atoms with Gasteiger partial charge in [0.1, 0.15) is 11.6 Å². The number of carbonyl (C=O) groups excluding carboxylic acids is 1. The highest BCUT2D eigenvalue weighted by molar-refractivity contribution is 6.09. The highest BCUT2D eigenvalue weighted by Crippen LogP contribution is 2.30. The summed E-state index contributed by atoms with van der Waals surface area (Å²) in [4.78, 5) is 22.4. The van der Waals surface area contributed by atoms with Crippen LogP contribution in [0.3, 0.4) is 0 Å². The van der Waals surface area contributed by atoms with Crippen molar-refractivity contribution < 1.29 is 22.9 Å². The fourth-order valence-electron chi connectivity index (χ4n) is 2.05. The average Bonchev–Trinajstić information content (AvgIpc) is 2.59. The molecule has 0 bridgehead atoms. The van der Waals surface area contributed by atoms with E-state index < -0.39 is 28.1 Å². The van der Waals surface area contributed by atoms with Gasteiger partial charge in [-0.1, -0.05) is 18.2 Å². The summed E-state index contributed by atoms with van der Waals surface area (Å²) in [5.74, 6) is -0.982. The van der Waals surface area contributed by atoms with E-state index in [-0.39, 0.29) is 16.9 Å². The number of alkyl halides is 3. The minimum atomic E-state index is -4.58. The van der Waals surface area contributed by atoms with Crippen LogP contribution in [0.25, 0.3) is 6.08 Å². The number of hydrogen-bond donors (Lipinski definition) is 1. The SMILES string of the molecule is N#CC(=Cc1ccccc1[N+](=O)[O-])C(=O)Nc1cccc(C(F)(F)F)c1. The Morgan fingerprint density at radius 1 is 1.19 bits per heavy atom. The van der Waals surface area contributed by atoms with Crippen LogP contribution in [0.1, 0.15) is 11.1 Å². The molecule has 9 heteroatoms. The van der Waals surface area contributed by atoms with Crippen molar-refractivity contribution in [3.8, 4) is 6.07 Å². The second-order valence-electron chi connectivity index (χ2n) is 5.02. The summed E-state index contributed by atoms with van der Waals surface area (Å²) in [6, 6.07) is 10.9. The monoisotopic (exact) mass is 361 g/mol. The van der Waals surface area contributed by atoms with E-state index in [0.29, 0.717) is 0 Å². The zero-order valence-electron chi connectivity index (χ0n) is 12.9. The van der Waals surface area contributed by atoms with Gasteiger partial charge in [0, 0.05) is 11.8 Å². The van der Waals surface area contributed by atoms with Crippen LogP contribution in [0.15, 0.2) is 54.1 Å². The van der Waals surface area contributed by atoms with Crippen molar-refractivity contribution in [1.82, 2.24) is 0 Å². The number of carbonyl (C=O) groups is 1. The van der Waals surface area contributed by atoms with E-state index in [4.69, 9.17) is 5.26 Å². The number of anilines is 1. The fourth-order valence-corrected chi connectivity index (χ4v) is 2.05. The minimum Gasteiger partial charge on any atom is -0.321 e. The maximum Gasteiger partial charge on any atom is 0.416 e. The molecule has 0 aliphatic rings. The molecule has 1 amide bonds. The van der Waals surface area contributed by atoms with Crippen molar-refractivity contribution in [2.75, 3.05) is 5.32 Å². The number of amides is 1. The Hall–Kier alpha value is -3.67. The molecule has 0 aromatic heterocycles. The molecule has 0 radical (unpaired) electrons. The molecule has 1 N–H and O–H groups in total. The first-order chi connectivity index (χ1) is 12.2. The standard InChI is InChI=1S/C17H10F3N3O3/c18-17(19,20)13-5-3-6-14(9-13)22-16(24)12(10-21)8-11-4-1-2-7-15(11)23(25)26/h1-9H,(H,22,24). The zero-order valence-corrected chi connectivity index (χ0v) is 12.9. The summed E-state index contributed by atoms with van der Waals surface area (Å²) < 4.78 is 38.1. The van der Waals surface area contributed by atoms with Gasteiger partial charge in [-0.2, -0.15) is 18.4 Å².